The number of hydrogen-bond donors (Lipinski definition) is 0. The van der Waals surface area contributed by atoms with Crippen LogP contribution >= 0.6 is 11.8 Å². The molecule has 19 heavy (non-hydrogen) atoms. The first-order chi connectivity index (χ1) is 9.24. The van der Waals surface area contributed by atoms with E-state index in [0.717, 1.165) is 29.9 Å². The van der Waals surface area contributed by atoms with Crippen LogP contribution in [0.4, 0.5) is 5.69 Å². The quantitative estimate of drug-likeness (QED) is 0.632. The maximum Gasteiger partial charge on any atom is 0.283 e. The largest absolute Gasteiger partial charge is 0.283 e. The van der Waals surface area contributed by atoms with E-state index in [1.807, 2.05) is 24.3 Å². The second-order valence-corrected chi connectivity index (χ2v) is 5.53. The third kappa shape index (κ3) is 2.46. The summed E-state index contributed by atoms with van der Waals surface area (Å²) in [6, 6.07) is 9.27. The molecule has 0 saturated carbocycles. The van der Waals surface area contributed by atoms with Gasteiger partial charge in [0, 0.05) is 12.3 Å². The Morgan fingerprint density at radius 2 is 2.00 bits per heavy atom. The fraction of sp³-hybridized carbons (Fsp3) is 0.214. The molecule has 0 bridgehead atoms. The van der Waals surface area contributed by atoms with Crippen LogP contribution in [0.5, 0.6) is 0 Å². The summed E-state index contributed by atoms with van der Waals surface area (Å²) in [5.41, 5.74) is 2.55. The maximum absolute atomic E-state index is 11.2. The standard InChI is InChI=1S/C14H12N2O2S/c17-16(18)12-8-10-4-3-5-11(10)9-13(12)19-14-6-1-2-7-15-14/h1-2,6-9H,3-5H2. The molecule has 1 aromatic carbocycles. The Bertz CT molecular complexity index is 629. The van der Waals surface area contributed by atoms with Gasteiger partial charge < -0.3 is 0 Å². The van der Waals surface area contributed by atoms with Crippen LogP contribution in [-0.4, -0.2) is 9.91 Å². The van der Waals surface area contributed by atoms with E-state index in [1.54, 1.807) is 12.3 Å². The average Bonchev–Trinajstić information content (AvgIpc) is 2.86. The minimum absolute atomic E-state index is 0.191. The van der Waals surface area contributed by atoms with Crippen LogP contribution in [-0.2, 0) is 12.8 Å². The highest BCUT2D eigenvalue weighted by Gasteiger charge is 2.21. The van der Waals surface area contributed by atoms with Gasteiger partial charge in [-0.25, -0.2) is 4.98 Å². The molecular formula is C14H12N2O2S. The van der Waals surface area contributed by atoms with Gasteiger partial charge in [-0.05, 0) is 48.6 Å². The monoisotopic (exact) mass is 272 g/mol. The molecule has 0 unspecified atom stereocenters. The first-order valence-electron chi connectivity index (χ1n) is 6.13. The molecule has 0 saturated heterocycles. The Morgan fingerprint density at radius 1 is 1.21 bits per heavy atom. The van der Waals surface area contributed by atoms with Crippen LogP contribution in [0.1, 0.15) is 17.5 Å². The summed E-state index contributed by atoms with van der Waals surface area (Å²) in [6.07, 6.45) is 4.75. The number of hydrogen-bond acceptors (Lipinski definition) is 4. The van der Waals surface area contributed by atoms with Gasteiger partial charge in [0.15, 0.2) is 0 Å². The molecule has 0 amide bonds. The lowest BCUT2D eigenvalue weighted by atomic mass is 10.1. The molecular weight excluding hydrogens is 260 g/mol. The number of nitrogens with zero attached hydrogens (tertiary/aromatic N) is 2. The predicted octanol–water partition coefficient (Wildman–Crippen LogP) is 3.63. The van der Waals surface area contributed by atoms with E-state index in [0.29, 0.717) is 4.90 Å². The molecule has 0 spiro atoms. The highest BCUT2D eigenvalue weighted by atomic mass is 32.2. The summed E-state index contributed by atoms with van der Waals surface area (Å²) in [5, 5.41) is 12.0. The minimum Gasteiger partial charge on any atom is -0.258 e. The normalized spacial score (nSPS) is 13.3. The van der Waals surface area contributed by atoms with E-state index in [4.69, 9.17) is 0 Å². The topological polar surface area (TPSA) is 56.0 Å². The van der Waals surface area contributed by atoms with Gasteiger partial charge in [0.25, 0.3) is 5.69 Å². The smallest absolute Gasteiger partial charge is 0.258 e. The lowest BCUT2D eigenvalue weighted by Crippen LogP contribution is -1.94. The number of nitro groups is 1. The Balaban J connectivity index is 2.02. The van der Waals surface area contributed by atoms with Crippen LogP contribution in [0.15, 0.2) is 46.5 Å². The summed E-state index contributed by atoms with van der Waals surface area (Å²) in [7, 11) is 0. The van der Waals surface area contributed by atoms with Gasteiger partial charge >= 0.3 is 0 Å². The molecule has 0 N–H and O–H groups in total. The van der Waals surface area contributed by atoms with Crippen molar-refractivity contribution in [2.24, 2.45) is 0 Å². The average molecular weight is 272 g/mol. The minimum atomic E-state index is -0.302. The fourth-order valence-electron chi connectivity index (χ4n) is 2.33. The summed E-state index contributed by atoms with van der Waals surface area (Å²) < 4.78 is 0. The first-order valence-corrected chi connectivity index (χ1v) is 6.95. The van der Waals surface area contributed by atoms with Crippen molar-refractivity contribution in [3.63, 3.8) is 0 Å². The molecule has 4 nitrogen and oxygen atoms in total. The zero-order chi connectivity index (χ0) is 13.2. The third-order valence-corrected chi connectivity index (χ3v) is 4.22. The summed E-state index contributed by atoms with van der Waals surface area (Å²) in [4.78, 5) is 15.8. The van der Waals surface area contributed by atoms with Crippen molar-refractivity contribution >= 4 is 17.4 Å². The molecule has 1 aliphatic rings. The molecule has 1 aliphatic carbocycles. The van der Waals surface area contributed by atoms with Crippen molar-refractivity contribution in [3.05, 3.63) is 57.8 Å². The van der Waals surface area contributed by atoms with Crippen molar-refractivity contribution in [3.8, 4) is 0 Å². The van der Waals surface area contributed by atoms with Gasteiger partial charge in [-0.3, -0.25) is 10.1 Å². The maximum atomic E-state index is 11.2. The number of benzene rings is 1. The lowest BCUT2D eigenvalue weighted by molar-refractivity contribution is -0.387. The van der Waals surface area contributed by atoms with E-state index in [1.165, 1.54) is 17.3 Å². The van der Waals surface area contributed by atoms with Crippen LogP contribution in [0.2, 0.25) is 0 Å². The second kappa shape index (κ2) is 5.01. The van der Waals surface area contributed by atoms with Gasteiger partial charge in [0.1, 0.15) is 5.03 Å². The molecule has 1 heterocycles. The zero-order valence-corrected chi connectivity index (χ0v) is 11.0. The van der Waals surface area contributed by atoms with Crippen molar-refractivity contribution in [1.29, 1.82) is 0 Å². The first kappa shape index (κ1) is 12.2. The van der Waals surface area contributed by atoms with Gasteiger partial charge in [-0.1, -0.05) is 17.8 Å². The zero-order valence-electron chi connectivity index (χ0n) is 10.2. The van der Waals surface area contributed by atoms with Gasteiger partial charge in [0.05, 0.1) is 9.82 Å². The Kier molecular flexibility index (Phi) is 3.21. The molecule has 96 valence electrons. The summed E-state index contributed by atoms with van der Waals surface area (Å²) >= 11 is 1.36. The number of rotatable bonds is 3. The van der Waals surface area contributed by atoms with Gasteiger partial charge in [0.2, 0.25) is 0 Å². The molecule has 0 fully saturated rings. The van der Waals surface area contributed by atoms with E-state index >= 15 is 0 Å². The highest BCUT2D eigenvalue weighted by molar-refractivity contribution is 7.99. The fourth-order valence-corrected chi connectivity index (χ4v) is 3.26. The molecule has 3 rings (SSSR count). The molecule has 0 atom stereocenters. The van der Waals surface area contributed by atoms with Crippen LogP contribution < -0.4 is 0 Å². The second-order valence-electron chi connectivity index (χ2n) is 4.47. The predicted molar refractivity (Wildman–Crippen MR) is 73.5 cm³/mol. The van der Waals surface area contributed by atoms with Crippen LogP contribution in [0, 0.1) is 10.1 Å². The van der Waals surface area contributed by atoms with Crippen molar-refractivity contribution in [1.82, 2.24) is 4.98 Å². The lowest BCUT2D eigenvalue weighted by Gasteiger charge is -2.06. The Hall–Kier alpha value is -1.88. The number of aryl methyl sites for hydroxylation is 2. The summed E-state index contributed by atoms with van der Waals surface area (Å²) in [6.45, 7) is 0. The van der Waals surface area contributed by atoms with Crippen LogP contribution in [0.3, 0.4) is 0 Å². The van der Waals surface area contributed by atoms with Gasteiger partial charge in [-0.2, -0.15) is 0 Å². The number of nitro benzene ring substituents is 1. The van der Waals surface area contributed by atoms with E-state index < -0.39 is 0 Å². The van der Waals surface area contributed by atoms with E-state index in [-0.39, 0.29) is 10.6 Å². The molecule has 5 heteroatoms. The van der Waals surface area contributed by atoms with Gasteiger partial charge in [-0.15, -0.1) is 0 Å². The number of fused-ring (bicyclic) bond motifs is 1. The number of aromatic nitrogens is 1. The van der Waals surface area contributed by atoms with E-state index in [9.17, 15) is 10.1 Å². The van der Waals surface area contributed by atoms with Crippen LogP contribution in [0.25, 0.3) is 0 Å². The molecule has 1 aromatic heterocycles. The third-order valence-electron chi connectivity index (χ3n) is 3.22. The SMILES string of the molecule is O=[N+]([O-])c1cc2c(cc1Sc1ccccn1)CCC2. The molecule has 0 aliphatic heterocycles. The summed E-state index contributed by atoms with van der Waals surface area (Å²) in [5.74, 6) is 0. The molecule has 0 radical (unpaired) electrons. The number of pyridine rings is 1. The Morgan fingerprint density at radius 3 is 2.68 bits per heavy atom. The van der Waals surface area contributed by atoms with E-state index in [2.05, 4.69) is 4.98 Å². The van der Waals surface area contributed by atoms with Crippen molar-refractivity contribution < 1.29 is 4.92 Å². The molecule has 2 aromatic rings. The highest BCUT2D eigenvalue weighted by Crippen LogP contribution is 2.38. The van der Waals surface area contributed by atoms with Crippen molar-refractivity contribution in [2.75, 3.05) is 0 Å². The van der Waals surface area contributed by atoms with Crippen molar-refractivity contribution in [2.45, 2.75) is 29.2 Å². The Labute approximate surface area is 115 Å².